The van der Waals surface area contributed by atoms with Crippen LogP contribution in [0.1, 0.15) is 12.5 Å². The molecule has 0 saturated carbocycles. The van der Waals surface area contributed by atoms with Gasteiger partial charge in [-0.25, -0.2) is 4.99 Å². The first-order chi connectivity index (χ1) is 12.5. The van der Waals surface area contributed by atoms with Gasteiger partial charge in [-0.05, 0) is 23.8 Å². The number of rotatable bonds is 1. The minimum Gasteiger partial charge on any atom is -0.320 e. The number of nitrogens with one attached hydrogen (secondary N) is 1. The maximum absolute atomic E-state index is 12.6. The predicted octanol–water partition coefficient (Wildman–Crippen LogP) is 2.74. The molecule has 0 atom stereocenters. The van der Waals surface area contributed by atoms with E-state index in [1.807, 2.05) is 36.4 Å². The van der Waals surface area contributed by atoms with Crippen molar-refractivity contribution in [2.75, 3.05) is 4.90 Å². The molecule has 0 radical (unpaired) electrons. The number of fused-ring (bicyclic) bond motifs is 2. The number of amidine groups is 1. The highest BCUT2D eigenvalue weighted by atomic mass is 16.2. The summed E-state index contributed by atoms with van der Waals surface area (Å²) in [5, 5.41) is 0.762. The van der Waals surface area contributed by atoms with Gasteiger partial charge >= 0.3 is 0 Å². The Balaban J connectivity index is 1.91. The van der Waals surface area contributed by atoms with Crippen LogP contribution >= 0.6 is 0 Å². The number of amides is 1. The molecule has 128 valence electrons. The lowest BCUT2D eigenvalue weighted by Crippen LogP contribution is -2.44. The Hall–Kier alpha value is -3.54. The Morgan fingerprint density at radius 1 is 1.08 bits per heavy atom. The molecule has 3 aromatic rings. The number of anilines is 1. The van der Waals surface area contributed by atoms with E-state index in [4.69, 9.17) is 0 Å². The highest BCUT2D eigenvalue weighted by Gasteiger charge is 2.30. The van der Waals surface area contributed by atoms with Crippen molar-refractivity contribution in [1.29, 1.82) is 0 Å². The third kappa shape index (κ3) is 2.61. The van der Waals surface area contributed by atoms with Crippen molar-refractivity contribution in [2.45, 2.75) is 13.3 Å². The molecule has 0 bridgehead atoms. The van der Waals surface area contributed by atoms with Gasteiger partial charge in [0.15, 0.2) is 5.84 Å². The van der Waals surface area contributed by atoms with Crippen molar-refractivity contribution < 1.29 is 9.59 Å². The van der Waals surface area contributed by atoms with Gasteiger partial charge in [0.05, 0.1) is 5.69 Å². The number of nitrogens with zero attached hydrogens (tertiary/aromatic N) is 2. The maximum atomic E-state index is 12.6. The van der Waals surface area contributed by atoms with Crippen LogP contribution in [-0.2, 0) is 16.0 Å². The number of aromatic amines is 1. The first-order valence-corrected chi connectivity index (χ1v) is 8.17. The van der Waals surface area contributed by atoms with Gasteiger partial charge in [0.25, 0.3) is 5.56 Å². The maximum Gasteiger partial charge on any atom is 0.272 e. The summed E-state index contributed by atoms with van der Waals surface area (Å²) in [7, 11) is 0. The standard InChI is InChI=1S/C20H15N3O3/c1-12(24)23(17-10-13-6-2-5-9-16(13)22-20(17)26)19-18(25)11-14-7-3-4-8-15(14)21-19/h2-10H,11H2,1H3,(H,22,26). The first-order valence-electron chi connectivity index (χ1n) is 8.17. The minimum absolute atomic E-state index is 0.0306. The fourth-order valence-corrected chi connectivity index (χ4v) is 3.11. The zero-order chi connectivity index (χ0) is 18.3. The largest absolute Gasteiger partial charge is 0.320 e. The fraction of sp³-hybridized carbons (Fsp3) is 0.100. The summed E-state index contributed by atoms with van der Waals surface area (Å²) in [4.78, 5) is 45.7. The van der Waals surface area contributed by atoms with E-state index in [1.165, 1.54) is 6.92 Å². The van der Waals surface area contributed by atoms with Gasteiger partial charge in [-0.1, -0.05) is 36.4 Å². The molecule has 4 rings (SSSR count). The molecule has 1 aliphatic heterocycles. The number of para-hydroxylation sites is 2. The van der Waals surface area contributed by atoms with Crippen LogP contribution in [0.5, 0.6) is 0 Å². The second kappa shape index (κ2) is 6.07. The molecule has 0 unspecified atom stereocenters. The van der Waals surface area contributed by atoms with Crippen LogP contribution in [0.2, 0.25) is 0 Å². The van der Waals surface area contributed by atoms with Gasteiger partial charge in [0.2, 0.25) is 11.7 Å². The smallest absolute Gasteiger partial charge is 0.272 e. The zero-order valence-electron chi connectivity index (χ0n) is 14.0. The number of aliphatic imine (C=N–C) groups is 1. The number of carbonyl (C=O) groups is 2. The van der Waals surface area contributed by atoms with Crippen LogP contribution < -0.4 is 10.5 Å². The average Bonchev–Trinajstić information content (AvgIpc) is 2.62. The van der Waals surface area contributed by atoms with Crippen molar-refractivity contribution in [1.82, 2.24) is 4.98 Å². The van der Waals surface area contributed by atoms with E-state index < -0.39 is 11.5 Å². The lowest BCUT2D eigenvalue weighted by molar-refractivity contribution is -0.117. The Morgan fingerprint density at radius 3 is 2.62 bits per heavy atom. The molecular weight excluding hydrogens is 330 g/mol. The van der Waals surface area contributed by atoms with Crippen LogP contribution in [0.15, 0.2) is 64.4 Å². The number of aromatic nitrogens is 1. The van der Waals surface area contributed by atoms with Crippen LogP contribution in [0.4, 0.5) is 11.4 Å². The number of hydrogen-bond donors (Lipinski definition) is 1. The lowest BCUT2D eigenvalue weighted by Gasteiger charge is -2.24. The number of benzene rings is 2. The first kappa shape index (κ1) is 16.0. The molecule has 6 heteroatoms. The van der Waals surface area contributed by atoms with Gasteiger partial charge in [-0.2, -0.15) is 0 Å². The van der Waals surface area contributed by atoms with Crippen molar-refractivity contribution in [3.8, 4) is 0 Å². The quantitative estimate of drug-likeness (QED) is 0.736. The van der Waals surface area contributed by atoms with Crippen LogP contribution in [0, 0.1) is 0 Å². The van der Waals surface area contributed by atoms with Crippen molar-refractivity contribution >= 4 is 39.8 Å². The summed E-state index contributed by atoms with van der Waals surface area (Å²) < 4.78 is 0. The molecular formula is C20H15N3O3. The van der Waals surface area contributed by atoms with Crippen molar-refractivity contribution in [3.63, 3.8) is 0 Å². The molecule has 26 heavy (non-hydrogen) atoms. The Labute approximate surface area is 148 Å². The van der Waals surface area contributed by atoms with E-state index >= 15 is 0 Å². The van der Waals surface area contributed by atoms with E-state index in [-0.39, 0.29) is 23.7 Å². The van der Waals surface area contributed by atoms with E-state index in [2.05, 4.69) is 9.98 Å². The Bertz CT molecular complexity index is 1140. The molecule has 1 amide bonds. The Kier molecular flexibility index (Phi) is 3.73. The van der Waals surface area contributed by atoms with E-state index in [1.54, 1.807) is 18.2 Å². The number of hydrogen-bond acceptors (Lipinski definition) is 4. The number of pyridine rings is 1. The molecule has 0 fully saturated rings. The summed E-state index contributed by atoms with van der Waals surface area (Å²) in [6.07, 6.45) is 0.143. The number of ketones is 1. The molecule has 0 spiro atoms. The number of carbonyl (C=O) groups excluding carboxylic acids is 2. The zero-order valence-corrected chi connectivity index (χ0v) is 14.0. The van der Waals surface area contributed by atoms with Crippen molar-refractivity contribution in [2.24, 2.45) is 4.99 Å². The third-order valence-electron chi connectivity index (χ3n) is 4.32. The molecule has 1 aliphatic rings. The monoisotopic (exact) mass is 345 g/mol. The van der Waals surface area contributed by atoms with E-state index in [9.17, 15) is 14.4 Å². The van der Waals surface area contributed by atoms with Gasteiger partial charge in [0.1, 0.15) is 5.69 Å². The van der Waals surface area contributed by atoms with Gasteiger partial charge in [-0.15, -0.1) is 0 Å². The normalized spacial score (nSPS) is 13.3. The summed E-state index contributed by atoms with van der Waals surface area (Å²) in [6, 6.07) is 16.1. The Morgan fingerprint density at radius 2 is 1.81 bits per heavy atom. The van der Waals surface area contributed by atoms with Gasteiger partial charge in [-0.3, -0.25) is 19.3 Å². The van der Waals surface area contributed by atoms with Crippen LogP contribution in [0.25, 0.3) is 10.9 Å². The molecule has 0 saturated heterocycles. The summed E-state index contributed by atoms with van der Waals surface area (Å²) >= 11 is 0. The summed E-state index contributed by atoms with van der Waals surface area (Å²) in [5.41, 5.74) is 1.73. The number of H-pyrrole nitrogens is 1. The highest BCUT2D eigenvalue weighted by molar-refractivity contribution is 6.49. The summed E-state index contributed by atoms with van der Waals surface area (Å²) in [5.74, 6) is -0.777. The lowest BCUT2D eigenvalue weighted by atomic mass is 10.0. The topological polar surface area (TPSA) is 82.6 Å². The molecule has 1 N–H and O–H groups in total. The fourth-order valence-electron chi connectivity index (χ4n) is 3.11. The van der Waals surface area contributed by atoms with E-state index in [0.717, 1.165) is 15.8 Å². The second-order valence-corrected chi connectivity index (χ2v) is 6.09. The number of Topliss-reactive ketones (excluding diaryl/α,β-unsaturated/α-hetero) is 1. The van der Waals surface area contributed by atoms with Gasteiger partial charge < -0.3 is 4.98 Å². The third-order valence-corrected chi connectivity index (χ3v) is 4.32. The molecule has 0 aliphatic carbocycles. The predicted molar refractivity (Wildman–Crippen MR) is 100.0 cm³/mol. The molecule has 2 aromatic carbocycles. The SMILES string of the molecule is CC(=O)N(C1=Nc2ccccc2CC1=O)c1cc2ccccc2[nH]c1=O. The molecule has 2 heterocycles. The average molecular weight is 345 g/mol. The highest BCUT2D eigenvalue weighted by Crippen LogP contribution is 2.26. The van der Waals surface area contributed by atoms with Crippen molar-refractivity contribution in [3.05, 3.63) is 70.5 Å². The second-order valence-electron chi connectivity index (χ2n) is 6.09. The van der Waals surface area contributed by atoms with Crippen LogP contribution in [0.3, 0.4) is 0 Å². The molecule has 1 aromatic heterocycles. The molecule has 6 nitrogen and oxygen atoms in total. The minimum atomic E-state index is -0.451. The van der Waals surface area contributed by atoms with E-state index in [0.29, 0.717) is 11.2 Å². The summed E-state index contributed by atoms with van der Waals surface area (Å²) in [6.45, 7) is 1.31. The van der Waals surface area contributed by atoms with Crippen LogP contribution in [-0.4, -0.2) is 22.5 Å². The van der Waals surface area contributed by atoms with Gasteiger partial charge in [0, 0.05) is 24.2 Å².